The van der Waals surface area contributed by atoms with Gasteiger partial charge in [0.1, 0.15) is 5.00 Å². The van der Waals surface area contributed by atoms with Gasteiger partial charge in [-0.15, -0.1) is 11.3 Å². The van der Waals surface area contributed by atoms with Crippen LogP contribution in [0.4, 0.5) is 10.7 Å². The number of anilines is 2. The highest BCUT2D eigenvalue weighted by molar-refractivity contribution is 7.19. The van der Waals surface area contributed by atoms with Crippen LogP contribution < -0.4 is 16.4 Å². The standard InChI is InChI=1S/C15H23N3O2S/c1-4-10(19)13-12(16)11(14(17)20)15(21-13)18-6-8(2)5-9(3)7-18/h8-9H,4-7,16H2,1-3H3,(H2,17,20). The molecule has 2 atom stereocenters. The fourth-order valence-corrected chi connectivity index (χ4v) is 4.34. The second-order valence-corrected chi connectivity index (χ2v) is 7.02. The molecule has 2 heterocycles. The molecule has 0 saturated carbocycles. The first-order valence-corrected chi connectivity index (χ1v) is 8.16. The van der Waals surface area contributed by atoms with E-state index >= 15 is 0 Å². The van der Waals surface area contributed by atoms with Gasteiger partial charge in [0, 0.05) is 19.5 Å². The van der Waals surface area contributed by atoms with E-state index < -0.39 is 5.91 Å². The number of primary amides is 1. The van der Waals surface area contributed by atoms with Crippen LogP contribution in [0.25, 0.3) is 0 Å². The number of thiophene rings is 1. The molecule has 0 spiro atoms. The van der Waals surface area contributed by atoms with Crippen molar-refractivity contribution in [1.29, 1.82) is 0 Å². The van der Waals surface area contributed by atoms with Gasteiger partial charge in [-0.2, -0.15) is 0 Å². The maximum Gasteiger partial charge on any atom is 0.253 e. The van der Waals surface area contributed by atoms with Crippen molar-refractivity contribution in [2.75, 3.05) is 23.7 Å². The van der Waals surface area contributed by atoms with Gasteiger partial charge >= 0.3 is 0 Å². The van der Waals surface area contributed by atoms with Gasteiger partial charge in [-0.1, -0.05) is 20.8 Å². The Morgan fingerprint density at radius 3 is 2.33 bits per heavy atom. The summed E-state index contributed by atoms with van der Waals surface area (Å²) in [6.45, 7) is 7.91. The van der Waals surface area contributed by atoms with E-state index in [1.807, 2.05) is 0 Å². The highest BCUT2D eigenvalue weighted by Crippen LogP contribution is 2.40. The Balaban J connectivity index is 2.47. The van der Waals surface area contributed by atoms with E-state index in [1.165, 1.54) is 17.8 Å². The van der Waals surface area contributed by atoms with E-state index in [-0.39, 0.29) is 11.5 Å². The summed E-state index contributed by atoms with van der Waals surface area (Å²) in [6.07, 6.45) is 1.54. The van der Waals surface area contributed by atoms with Crippen molar-refractivity contribution in [3.05, 3.63) is 10.4 Å². The number of Topliss-reactive ketones (excluding diaryl/α,β-unsaturated/α-hetero) is 1. The molecule has 21 heavy (non-hydrogen) atoms. The van der Waals surface area contributed by atoms with Crippen molar-refractivity contribution in [3.8, 4) is 0 Å². The Kier molecular flexibility index (Phi) is 4.56. The molecular formula is C15H23N3O2S. The first-order valence-electron chi connectivity index (χ1n) is 7.35. The predicted octanol–water partition coefficient (Wildman–Crippen LogP) is 2.50. The van der Waals surface area contributed by atoms with Crippen LogP contribution in [0.2, 0.25) is 0 Å². The first-order chi connectivity index (χ1) is 9.85. The van der Waals surface area contributed by atoms with E-state index in [2.05, 4.69) is 18.7 Å². The van der Waals surface area contributed by atoms with Crippen LogP contribution in [0.5, 0.6) is 0 Å². The van der Waals surface area contributed by atoms with Crippen molar-refractivity contribution < 1.29 is 9.59 Å². The predicted molar refractivity (Wildman–Crippen MR) is 87.0 cm³/mol. The molecule has 0 radical (unpaired) electrons. The van der Waals surface area contributed by atoms with Crippen molar-refractivity contribution in [2.45, 2.75) is 33.6 Å². The molecule has 0 aromatic carbocycles. The number of nitrogen functional groups attached to an aromatic ring is 1. The number of nitrogens with zero attached hydrogens (tertiary/aromatic N) is 1. The fraction of sp³-hybridized carbons (Fsp3) is 0.600. The van der Waals surface area contributed by atoms with Gasteiger partial charge in [0.2, 0.25) is 0 Å². The number of ketones is 1. The van der Waals surface area contributed by atoms with Gasteiger partial charge in [-0.05, 0) is 18.3 Å². The smallest absolute Gasteiger partial charge is 0.253 e. The normalized spacial score (nSPS) is 22.3. The average molecular weight is 309 g/mol. The monoisotopic (exact) mass is 309 g/mol. The lowest BCUT2D eigenvalue weighted by Crippen LogP contribution is -2.39. The molecule has 1 aliphatic heterocycles. The molecule has 1 aliphatic rings. The van der Waals surface area contributed by atoms with Crippen LogP contribution >= 0.6 is 11.3 Å². The second-order valence-electron chi connectivity index (χ2n) is 6.02. The summed E-state index contributed by atoms with van der Waals surface area (Å²) in [4.78, 5) is 26.4. The third kappa shape index (κ3) is 3.05. The largest absolute Gasteiger partial charge is 0.397 e. The summed E-state index contributed by atoms with van der Waals surface area (Å²) in [6, 6.07) is 0. The lowest BCUT2D eigenvalue weighted by Gasteiger charge is -2.36. The topological polar surface area (TPSA) is 89.4 Å². The molecule has 4 N–H and O–H groups in total. The number of hydrogen-bond acceptors (Lipinski definition) is 5. The summed E-state index contributed by atoms with van der Waals surface area (Å²) < 4.78 is 0. The molecule has 5 nitrogen and oxygen atoms in total. The summed E-state index contributed by atoms with van der Waals surface area (Å²) in [5.74, 6) is 0.496. The quantitative estimate of drug-likeness (QED) is 0.836. The van der Waals surface area contributed by atoms with Gasteiger partial charge in [-0.3, -0.25) is 9.59 Å². The number of hydrogen-bond donors (Lipinski definition) is 2. The molecule has 116 valence electrons. The van der Waals surface area contributed by atoms with E-state index in [0.717, 1.165) is 18.1 Å². The van der Waals surface area contributed by atoms with Crippen LogP contribution in [-0.4, -0.2) is 24.8 Å². The minimum absolute atomic E-state index is 0.0376. The minimum Gasteiger partial charge on any atom is -0.397 e. The van der Waals surface area contributed by atoms with E-state index in [1.54, 1.807) is 6.92 Å². The number of amides is 1. The molecule has 1 saturated heterocycles. The minimum atomic E-state index is -0.556. The lowest BCUT2D eigenvalue weighted by molar-refractivity contribution is 0.0991. The van der Waals surface area contributed by atoms with Crippen molar-refractivity contribution in [3.63, 3.8) is 0 Å². The molecule has 2 unspecified atom stereocenters. The number of piperidine rings is 1. The Labute approximate surface area is 129 Å². The Morgan fingerprint density at radius 1 is 1.29 bits per heavy atom. The van der Waals surface area contributed by atoms with E-state index in [9.17, 15) is 9.59 Å². The van der Waals surface area contributed by atoms with Gasteiger partial charge in [0.05, 0.1) is 16.1 Å². The lowest BCUT2D eigenvalue weighted by atomic mass is 9.92. The summed E-state index contributed by atoms with van der Waals surface area (Å²) in [7, 11) is 0. The third-order valence-corrected chi connectivity index (χ3v) is 5.21. The number of carbonyl (C=O) groups excluding carboxylic acids is 2. The molecule has 2 rings (SSSR count). The van der Waals surface area contributed by atoms with Crippen LogP contribution in [0.3, 0.4) is 0 Å². The Morgan fingerprint density at radius 2 is 1.86 bits per heavy atom. The summed E-state index contributed by atoms with van der Waals surface area (Å²) in [5.41, 5.74) is 12.1. The maximum atomic E-state index is 12.0. The SMILES string of the molecule is CCC(=O)c1sc(N2CC(C)CC(C)C2)c(C(N)=O)c1N. The number of nitrogens with two attached hydrogens (primary N) is 2. The number of carbonyl (C=O) groups is 2. The molecule has 1 aromatic heterocycles. The fourth-order valence-electron chi connectivity index (χ4n) is 3.09. The zero-order valence-corrected chi connectivity index (χ0v) is 13.6. The molecule has 6 heteroatoms. The molecule has 0 bridgehead atoms. The average Bonchev–Trinajstić information content (AvgIpc) is 2.74. The van der Waals surface area contributed by atoms with Gasteiger partial charge in [0.15, 0.2) is 5.78 Å². The highest BCUT2D eigenvalue weighted by Gasteiger charge is 2.30. The van der Waals surface area contributed by atoms with E-state index in [4.69, 9.17) is 11.5 Å². The molecule has 1 amide bonds. The van der Waals surface area contributed by atoms with Crippen molar-refractivity contribution >= 4 is 33.7 Å². The second kappa shape index (κ2) is 6.05. The zero-order valence-electron chi connectivity index (χ0n) is 12.8. The Hall–Kier alpha value is -1.56. The number of rotatable bonds is 4. The van der Waals surface area contributed by atoms with Crippen molar-refractivity contribution in [2.24, 2.45) is 17.6 Å². The Bertz CT molecular complexity index is 558. The van der Waals surface area contributed by atoms with E-state index in [0.29, 0.717) is 28.7 Å². The van der Waals surface area contributed by atoms with Crippen molar-refractivity contribution in [1.82, 2.24) is 0 Å². The molecule has 1 aromatic rings. The summed E-state index contributed by atoms with van der Waals surface area (Å²) in [5, 5.41) is 0.759. The van der Waals surface area contributed by atoms with Crippen LogP contribution in [0, 0.1) is 11.8 Å². The van der Waals surface area contributed by atoms with Crippen LogP contribution in [0.1, 0.15) is 53.6 Å². The molecule has 1 fully saturated rings. The molecule has 0 aliphatic carbocycles. The first kappa shape index (κ1) is 15.8. The van der Waals surface area contributed by atoms with Crippen LogP contribution in [-0.2, 0) is 0 Å². The van der Waals surface area contributed by atoms with Crippen LogP contribution in [0.15, 0.2) is 0 Å². The third-order valence-electron chi connectivity index (χ3n) is 3.90. The highest BCUT2D eigenvalue weighted by atomic mass is 32.1. The molecular weight excluding hydrogens is 286 g/mol. The van der Waals surface area contributed by atoms with Gasteiger partial charge in [0.25, 0.3) is 5.91 Å². The van der Waals surface area contributed by atoms with Gasteiger partial charge < -0.3 is 16.4 Å². The summed E-state index contributed by atoms with van der Waals surface area (Å²) >= 11 is 1.31. The maximum absolute atomic E-state index is 12.0. The van der Waals surface area contributed by atoms with Gasteiger partial charge in [-0.25, -0.2) is 0 Å². The zero-order chi connectivity index (χ0) is 15.7.